The van der Waals surface area contributed by atoms with Crippen molar-refractivity contribution in [1.29, 1.82) is 0 Å². The molecule has 0 radical (unpaired) electrons. The van der Waals surface area contributed by atoms with Crippen LogP contribution in [0.25, 0.3) is 0 Å². The predicted octanol–water partition coefficient (Wildman–Crippen LogP) is 1.04. The van der Waals surface area contributed by atoms with E-state index in [2.05, 4.69) is 39.9 Å². The topological polar surface area (TPSA) is 132 Å². The Balaban J connectivity index is 2.01. The van der Waals surface area contributed by atoms with Crippen molar-refractivity contribution in [1.82, 2.24) is 20.4 Å². The first-order chi connectivity index (χ1) is 16.4. The Labute approximate surface area is 197 Å². The van der Waals surface area contributed by atoms with Crippen LogP contribution in [0, 0.1) is 0 Å². The number of nitrogens with zero attached hydrogens (tertiary/aromatic N) is 2. The second-order valence-electron chi connectivity index (χ2n) is 8.86. The second-order valence-corrected chi connectivity index (χ2v) is 8.86. The molecular formula is C25H29N5O4. The summed E-state index contributed by atoms with van der Waals surface area (Å²) in [5, 5.41) is 5.44. The Bertz CT molecular complexity index is 1200. The van der Waals surface area contributed by atoms with Gasteiger partial charge in [-0.3, -0.25) is 9.59 Å². The number of nitrogens with two attached hydrogens (primary N) is 1. The van der Waals surface area contributed by atoms with E-state index in [9.17, 15) is 14.4 Å². The molecule has 9 heteroatoms. The number of nitrogens with one attached hydrogen (secondary N) is 2. The summed E-state index contributed by atoms with van der Waals surface area (Å²) in [6, 6.07) is 12.1. The maximum atomic E-state index is 12.2. The Morgan fingerprint density at radius 2 is 1.59 bits per heavy atom. The molecule has 0 aliphatic heterocycles. The van der Waals surface area contributed by atoms with Crippen LogP contribution >= 0.6 is 0 Å². The van der Waals surface area contributed by atoms with E-state index in [0.29, 0.717) is 38.2 Å². The van der Waals surface area contributed by atoms with Crippen molar-refractivity contribution in [2.45, 2.75) is 50.7 Å². The highest BCUT2D eigenvalue weighted by Gasteiger charge is 2.45. The molecule has 1 heterocycles. The van der Waals surface area contributed by atoms with Crippen LogP contribution in [-0.4, -0.2) is 28.6 Å². The molecule has 4 rings (SSSR count). The monoisotopic (exact) mass is 463 g/mol. The number of fused-ring (bicyclic) bond motifs is 2. The van der Waals surface area contributed by atoms with Crippen LogP contribution in [0.15, 0.2) is 45.7 Å². The fourth-order valence-electron chi connectivity index (χ4n) is 5.23. The predicted molar refractivity (Wildman–Crippen MR) is 126 cm³/mol. The standard InChI is InChI=1S/C25H29N5O4/c1-16(26)11-25(23-29-24(33)34-30(23)2)21-7-3-17(12-27-14-31)9-19(21)5-6-20-10-18(13-28-15-32)4-8-22(20)25/h3-4,7-10,14-16H,5-6,11-13,26H2,1-2H3,(H,27,31)(H,28,32)/t16-/m0/s1. The van der Waals surface area contributed by atoms with E-state index in [1.165, 1.54) is 4.74 Å². The fourth-order valence-corrected chi connectivity index (χ4v) is 5.23. The van der Waals surface area contributed by atoms with Crippen molar-refractivity contribution in [2.75, 3.05) is 0 Å². The zero-order valence-electron chi connectivity index (χ0n) is 19.3. The summed E-state index contributed by atoms with van der Waals surface area (Å²) in [5.74, 6) is -0.163. The highest BCUT2D eigenvalue weighted by atomic mass is 16.5. The normalized spacial score (nSPS) is 14.9. The molecular weight excluding hydrogens is 434 g/mol. The van der Waals surface area contributed by atoms with Crippen LogP contribution in [0.4, 0.5) is 0 Å². The molecule has 0 fully saturated rings. The lowest BCUT2D eigenvalue weighted by atomic mass is 9.67. The maximum absolute atomic E-state index is 12.2. The lowest BCUT2D eigenvalue weighted by molar-refractivity contribution is -0.110. The summed E-state index contributed by atoms with van der Waals surface area (Å²) in [6.45, 7) is 2.79. The zero-order chi connectivity index (χ0) is 24.3. The third-order valence-corrected chi connectivity index (χ3v) is 6.42. The number of hydrogen-bond donors (Lipinski definition) is 3. The van der Waals surface area contributed by atoms with Crippen LogP contribution in [0.2, 0.25) is 0 Å². The van der Waals surface area contributed by atoms with Crippen LogP contribution in [0.3, 0.4) is 0 Å². The van der Waals surface area contributed by atoms with Crippen LogP contribution in [0.1, 0.15) is 52.5 Å². The van der Waals surface area contributed by atoms with Gasteiger partial charge in [-0.05, 0) is 59.6 Å². The molecule has 1 atom stereocenters. The molecule has 0 spiro atoms. The van der Waals surface area contributed by atoms with E-state index in [1.807, 2.05) is 19.1 Å². The molecule has 1 aliphatic rings. The molecule has 1 aliphatic carbocycles. The van der Waals surface area contributed by atoms with Gasteiger partial charge in [0.1, 0.15) is 0 Å². The van der Waals surface area contributed by atoms with Gasteiger partial charge in [-0.15, -0.1) is 0 Å². The number of hydrogen-bond acceptors (Lipinski definition) is 6. The van der Waals surface area contributed by atoms with Gasteiger partial charge in [0.25, 0.3) is 0 Å². The summed E-state index contributed by atoms with van der Waals surface area (Å²) in [5.41, 5.74) is 11.8. The van der Waals surface area contributed by atoms with Gasteiger partial charge < -0.3 is 20.9 Å². The van der Waals surface area contributed by atoms with Crippen molar-refractivity contribution in [2.24, 2.45) is 12.8 Å². The number of carbonyl (C=O) groups is 2. The van der Waals surface area contributed by atoms with Crippen molar-refractivity contribution >= 4 is 12.8 Å². The lowest BCUT2D eigenvalue weighted by Crippen LogP contribution is -2.39. The van der Waals surface area contributed by atoms with Crippen molar-refractivity contribution in [3.8, 4) is 0 Å². The summed E-state index contributed by atoms with van der Waals surface area (Å²) in [6.07, 6.45) is 3.39. The van der Waals surface area contributed by atoms with E-state index >= 15 is 0 Å². The largest absolute Gasteiger partial charge is 0.459 e. The first-order valence-electron chi connectivity index (χ1n) is 11.3. The zero-order valence-corrected chi connectivity index (χ0v) is 19.3. The average Bonchev–Trinajstić information content (AvgIpc) is 3.10. The third-order valence-electron chi connectivity index (χ3n) is 6.42. The summed E-state index contributed by atoms with van der Waals surface area (Å²) < 4.78 is 6.75. The number of amides is 2. The number of carbonyl (C=O) groups excluding carboxylic acids is 2. The molecule has 0 bridgehead atoms. The Morgan fingerprint density at radius 1 is 1.06 bits per heavy atom. The third kappa shape index (κ3) is 4.26. The van der Waals surface area contributed by atoms with Gasteiger partial charge in [0, 0.05) is 26.2 Å². The number of aromatic nitrogens is 2. The Kier molecular flexibility index (Phi) is 6.65. The van der Waals surface area contributed by atoms with E-state index in [-0.39, 0.29) is 6.04 Å². The highest BCUT2D eigenvalue weighted by Crippen LogP contribution is 2.47. The van der Waals surface area contributed by atoms with Gasteiger partial charge in [-0.1, -0.05) is 36.4 Å². The summed E-state index contributed by atoms with van der Waals surface area (Å²) >= 11 is 0. The molecule has 1 aromatic heterocycles. The smallest absolute Gasteiger partial charge is 0.355 e. The van der Waals surface area contributed by atoms with Crippen molar-refractivity contribution in [3.05, 3.63) is 86.2 Å². The highest BCUT2D eigenvalue weighted by molar-refractivity contribution is 5.56. The van der Waals surface area contributed by atoms with Crippen LogP contribution < -0.4 is 22.1 Å². The molecule has 0 saturated carbocycles. The molecule has 4 N–H and O–H groups in total. The summed E-state index contributed by atoms with van der Waals surface area (Å²) in [4.78, 5) is 38.2. The van der Waals surface area contributed by atoms with Gasteiger partial charge in [0.15, 0.2) is 5.82 Å². The number of rotatable bonds is 9. The minimum atomic E-state index is -0.816. The SMILES string of the molecule is C[C@H](N)CC1(c2nc(=O)on2C)c2ccc(CNC=O)cc2CCc2cc(CNC=O)ccc21. The van der Waals surface area contributed by atoms with Crippen molar-refractivity contribution < 1.29 is 14.1 Å². The maximum Gasteiger partial charge on any atom is 0.459 e. The van der Waals surface area contributed by atoms with E-state index < -0.39 is 11.2 Å². The van der Waals surface area contributed by atoms with Gasteiger partial charge in [0.2, 0.25) is 12.8 Å². The molecule has 178 valence electrons. The molecule has 0 unspecified atom stereocenters. The summed E-state index contributed by atoms with van der Waals surface area (Å²) in [7, 11) is 1.68. The average molecular weight is 464 g/mol. The van der Waals surface area contributed by atoms with Crippen LogP contribution in [0.5, 0.6) is 0 Å². The molecule has 9 nitrogen and oxygen atoms in total. The van der Waals surface area contributed by atoms with Gasteiger partial charge in [0.05, 0.1) is 5.41 Å². The molecule has 0 saturated heterocycles. The lowest BCUT2D eigenvalue weighted by Gasteiger charge is -2.36. The first kappa shape index (κ1) is 23.4. The second kappa shape index (κ2) is 9.64. The number of aryl methyl sites for hydroxylation is 3. The van der Waals surface area contributed by atoms with Gasteiger partial charge in [-0.25, -0.2) is 4.79 Å². The quantitative estimate of drug-likeness (QED) is 0.406. The molecule has 2 amide bonds. The van der Waals surface area contributed by atoms with E-state index in [4.69, 9.17) is 10.3 Å². The first-order valence-corrected chi connectivity index (χ1v) is 11.3. The molecule has 34 heavy (non-hydrogen) atoms. The minimum Gasteiger partial charge on any atom is -0.355 e. The fraction of sp³-hybridized carbons (Fsp3) is 0.360. The number of benzene rings is 2. The van der Waals surface area contributed by atoms with Gasteiger partial charge in [-0.2, -0.15) is 9.72 Å². The molecule has 2 aromatic carbocycles. The van der Waals surface area contributed by atoms with Crippen LogP contribution in [-0.2, 0) is 48.0 Å². The van der Waals surface area contributed by atoms with E-state index in [0.717, 1.165) is 46.2 Å². The van der Waals surface area contributed by atoms with Gasteiger partial charge >= 0.3 is 5.76 Å². The Hall–Kier alpha value is -3.72. The van der Waals surface area contributed by atoms with E-state index in [1.54, 1.807) is 7.05 Å². The Morgan fingerprint density at radius 3 is 2.00 bits per heavy atom. The minimum absolute atomic E-state index is 0.210. The van der Waals surface area contributed by atoms with Crippen molar-refractivity contribution in [3.63, 3.8) is 0 Å². The molecule has 3 aromatic rings.